The molecule has 156 valence electrons. The number of nitrogens with zero attached hydrogens (tertiary/aromatic N) is 2. The number of hydrogen-bond donors (Lipinski definition) is 1. The number of thioether (sulfide) groups is 1. The average Bonchev–Trinajstić information content (AvgIpc) is 3.08. The lowest BCUT2D eigenvalue weighted by molar-refractivity contribution is -0.118. The summed E-state index contributed by atoms with van der Waals surface area (Å²) in [7, 11) is 4.65. The summed E-state index contributed by atoms with van der Waals surface area (Å²) in [5.41, 5.74) is 1.60. The molecule has 0 atom stereocenters. The molecule has 0 unspecified atom stereocenters. The average molecular weight is 446 g/mol. The Bertz CT molecular complexity index is 1020. The van der Waals surface area contributed by atoms with Gasteiger partial charge in [0.15, 0.2) is 5.17 Å². The summed E-state index contributed by atoms with van der Waals surface area (Å²) in [5.74, 6) is 0.797. The van der Waals surface area contributed by atoms with Crippen molar-refractivity contribution in [1.82, 2.24) is 5.32 Å². The SMILES string of the molecule is CNC(=O)CSC1=N/C(=C\c2ccc(OC)cc2)C(=O)N1c1ccc(Cl)c(OC)c1. The molecular weight excluding hydrogens is 426 g/mol. The lowest BCUT2D eigenvalue weighted by Crippen LogP contribution is -2.31. The first-order valence-electron chi connectivity index (χ1n) is 8.92. The van der Waals surface area contributed by atoms with Crippen LogP contribution < -0.4 is 19.7 Å². The Hall–Kier alpha value is -2.97. The molecule has 2 aromatic rings. The summed E-state index contributed by atoms with van der Waals surface area (Å²) in [6.45, 7) is 0. The van der Waals surface area contributed by atoms with Crippen LogP contribution in [-0.4, -0.2) is 44.0 Å². The third kappa shape index (κ3) is 4.77. The van der Waals surface area contributed by atoms with Gasteiger partial charge in [-0.15, -0.1) is 0 Å². The second-order valence-electron chi connectivity index (χ2n) is 6.12. The van der Waals surface area contributed by atoms with Crippen molar-refractivity contribution < 1.29 is 19.1 Å². The van der Waals surface area contributed by atoms with Gasteiger partial charge in [-0.2, -0.15) is 0 Å². The minimum absolute atomic E-state index is 0.125. The van der Waals surface area contributed by atoms with E-state index in [1.54, 1.807) is 50.6 Å². The van der Waals surface area contributed by atoms with E-state index < -0.39 is 0 Å². The van der Waals surface area contributed by atoms with Gasteiger partial charge in [0.25, 0.3) is 5.91 Å². The number of ether oxygens (including phenoxy) is 2. The Kier molecular flexibility index (Phi) is 7.02. The first-order valence-corrected chi connectivity index (χ1v) is 10.3. The van der Waals surface area contributed by atoms with Gasteiger partial charge in [0, 0.05) is 13.1 Å². The Morgan fingerprint density at radius 2 is 1.93 bits per heavy atom. The van der Waals surface area contributed by atoms with E-state index in [2.05, 4.69) is 10.3 Å². The topological polar surface area (TPSA) is 80.2 Å². The summed E-state index contributed by atoms with van der Waals surface area (Å²) < 4.78 is 10.4. The highest BCUT2D eigenvalue weighted by molar-refractivity contribution is 8.14. The minimum atomic E-state index is -0.311. The molecule has 0 fully saturated rings. The smallest absolute Gasteiger partial charge is 0.283 e. The number of anilines is 1. The Labute approximate surface area is 183 Å². The van der Waals surface area contributed by atoms with Crippen LogP contribution in [-0.2, 0) is 9.59 Å². The van der Waals surface area contributed by atoms with E-state index in [0.29, 0.717) is 21.6 Å². The van der Waals surface area contributed by atoms with Gasteiger partial charge in [-0.25, -0.2) is 4.99 Å². The Morgan fingerprint density at radius 1 is 1.20 bits per heavy atom. The number of benzene rings is 2. The molecule has 0 saturated carbocycles. The largest absolute Gasteiger partial charge is 0.497 e. The van der Waals surface area contributed by atoms with Crippen LogP contribution in [0.5, 0.6) is 11.5 Å². The number of nitrogens with one attached hydrogen (secondary N) is 1. The van der Waals surface area contributed by atoms with Gasteiger partial charge in [-0.1, -0.05) is 35.5 Å². The fourth-order valence-electron chi connectivity index (χ4n) is 2.67. The van der Waals surface area contributed by atoms with Gasteiger partial charge in [-0.3, -0.25) is 14.5 Å². The number of aliphatic imine (C=N–C) groups is 1. The fourth-order valence-corrected chi connectivity index (χ4v) is 3.75. The molecule has 0 radical (unpaired) electrons. The predicted octanol–water partition coefficient (Wildman–Crippen LogP) is 3.58. The predicted molar refractivity (Wildman–Crippen MR) is 120 cm³/mol. The van der Waals surface area contributed by atoms with Gasteiger partial charge in [0.05, 0.1) is 30.7 Å². The maximum atomic E-state index is 13.2. The monoisotopic (exact) mass is 445 g/mol. The van der Waals surface area contributed by atoms with Crippen molar-refractivity contribution in [2.24, 2.45) is 4.99 Å². The lowest BCUT2D eigenvalue weighted by Gasteiger charge is -2.18. The quantitative estimate of drug-likeness (QED) is 0.687. The van der Waals surface area contributed by atoms with E-state index in [-0.39, 0.29) is 23.3 Å². The fraction of sp³-hybridized carbons (Fsp3) is 0.190. The van der Waals surface area contributed by atoms with Crippen LogP contribution in [0.25, 0.3) is 6.08 Å². The van der Waals surface area contributed by atoms with Crippen LogP contribution in [0.4, 0.5) is 5.69 Å². The number of carbonyl (C=O) groups is 2. The number of hydrogen-bond acceptors (Lipinski definition) is 6. The van der Waals surface area contributed by atoms with Crippen LogP contribution in [0, 0.1) is 0 Å². The van der Waals surface area contributed by atoms with Gasteiger partial charge >= 0.3 is 0 Å². The molecule has 30 heavy (non-hydrogen) atoms. The highest BCUT2D eigenvalue weighted by Crippen LogP contribution is 2.34. The molecule has 0 bridgehead atoms. The molecule has 0 saturated heterocycles. The number of amides is 2. The van der Waals surface area contributed by atoms with E-state index in [1.165, 1.54) is 23.8 Å². The van der Waals surface area contributed by atoms with Crippen LogP contribution in [0.1, 0.15) is 5.56 Å². The van der Waals surface area contributed by atoms with Crippen LogP contribution in [0.2, 0.25) is 5.02 Å². The van der Waals surface area contributed by atoms with Crippen LogP contribution in [0.15, 0.2) is 53.2 Å². The first-order chi connectivity index (χ1) is 14.5. The summed E-state index contributed by atoms with van der Waals surface area (Å²) in [6, 6.07) is 12.3. The lowest BCUT2D eigenvalue weighted by atomic mass is 10.2. The molecule has 2 aromatic carbocycles. The molecular formula is C21H20ClN3O4S. The summed E-state index contributed by atoms with van der Waals surface area (Å²) in [4.78, 5) is 30.8. The maximum Gasteiger partial charge on any atom is 0.283 e. The molecule has 0 spiro atoms. The second kappa shape index (κ2) is 9.69. The van der Waals surface area contributed by atoms with E-state index >= 15 is 0 Å². The zero-order chi connectivity index (χ0) is 21.7. The van der Waals surface area contributed by atoms with Crippen molar-refractivity contribution in [2.75, 3.05) is 31.9 Å². The third-order valence-electron chi connectivity index (χ3n) is 4.25. The number of amidine groups is 1. The van der Waals surface area contributed by atoms with Crippen molar-refractivity contribution in [3.63, 3.8) is 0 Å². The zero-order valence-corrected chi connectivity index (χ0v) is 18.2. The third-order valence-corrected chi connectivity index (χ3v) is 5.50. The Morgan fingerprint density at radius 3 is 2.57 bits per heavy atom. The Balaban J connectivity index is 1.97. The van der Waals surface area contributed by atoms with Crippen molar-refractivity contribution in [1.29, 1.82) is 0 Å². The molecule has 0 aromatic heterocycles. The van der Waals surface area contributed by atoms with Gasteiger partial charge < -0.3 is 14.8 Å². The molecule has 2 amide bonds. The number of rotatable bonds is 6. The van der Waals surface area contributed by atoms with Crippen LogP contribution in [0.3, 0.4) is 0 Å². The molecule has 1 heterocycles. The van der Waals surface area contributed by atoms with Crippen molar-refractivity contribution in [3.05, 3.63) is 58.7 Å². The van der Waals surface area contributed by atoms with Gasteiger partial charge in [-0.05, 0) is 35.9 Å². The summed E-state index contributed by atoms with van der Waals surface area (Å²) >= 11 is 7.29. The molecule has 0 aliphatic carbocycles. The minimum Gasteiger partial charge on any atom is -0.497 e. The van der Waals surface area contributed by atoms with E-state index in [4.69, 9.17) is 21.1 Å². The van der Waals surface area contributed by atoms with E-state index in [1.807, 2.05) is 12.1 Å². The molecule has 1 aliphatic heterocycles. The standard InChI is InChI=1S/C21H20ClN3O4S/c1-23-19(26)12-30-21-24-17(10-13-4-7-15(28-2)8-5-13)20(27)25(21)14-6-9-16(22)18(11-14)29-3/h4-11H,12H2,1-3H3,(H,23,26)/b17-10-. The van der Waals surface area contributed by atoms with Gasteiger partial charge in [0.1, 0.15) is 17.2 Å². The highest BCUT2D eigenvalue weighted by atomic mass is 35.5. The molecule has 3 rings (SSSR count). The van der Waals surface area contributed by atoms with E-state index in [0.717, 1.165) is 11.3 Å². The van der Waals surface area contributed by atoms with E-state index in [9.17, 15) is 9.59 Å². The number of methoxy groups -OCH3 is 2. The second-order valence-corrected chi connectivity index (χ2v) is 7.47. The maximum absolute atomic E-state index is 13.2. The highest BCUT2D eigenvalue weighted by Gasteiger charge is 2.32. The van der Waals surface area contributed by atoms with Crippen molar-refractivity contribution in [2.45, 2.75) is 0 Å². The summed E-state index contributed by atoms with van der Waals surface area (Å²) in [5, 5.41) is 3.39. The molecule has 7 nitrogen and oxygen atoms in total. The first kappa shape index (κ1) is 21.7. The molecule has 9 heteroatoms. The van der Waals surface area contributed by atoms with Crippen molar-refractivity contribution >= 4 is 52.1 Å². The van der Waals surface area contributed by atoms with Crippen molar-refractivity contribution in [3.8, 4) is 11.5 Å². The normalized spacial score (nSPS) is 14.7. The number of carbonyl (C=O) groups excluding carboxylic acids is 2. The number of halogens is 1. The summed E-state index contributed by atoms with van der Waals surface area (Å²) in [6.07, 6.45) is 1.69. The van der Waals surface area contributed by atoms with Gasteiger partial charge in [0.2, 0.25) is 5.91 Å². The molecule has 1 aliphatic rings. The zero-order valence-electron chi connectivity index (χ0n) is 16.6. The van der Waals surface area contributed by atoms with Crippen LogP contribution >= 0.6 is 23.4 Å². The molecule has 1 N–H and O–H groups in total.